The van der Waals surface area contributed by atoms with Gasteiger partial charge in [0, 0.05) is 40.9 Å². The number of anilines is 1. The minimum absolute atomic E-state index is 0.0850. The van der Waals surface area contributed by atoms with Gasteiger partial charge in [-0.05, 0) is 24.3 Å². The van der Waals surface area contributed by atoms with Crippen LogP contribution in [0.1, 0.15) is 10.9 Å². The average Bonchev–Trinajstić information content (AvgIpc) is 3.36. The van der Waals surface area contributed by atoms with Crippen molar-refractivity contribution in [3.8, 4) is 17.3 Å². The van der Waals surface area contributed by atoms with Gasteiger partial charge in [-0.15, -0.1) is 11.3 Å². The van der Waals surface area contributed by atoms with Crippen LogP contribution in [0.3, 0.4) is 0 Å². The lowest BCUT2D eigenvalue weighted by molar-refractivity contribution is -0.385. The van der Waals surface area contributed by atoms with Gasteiger partial charge in [-0.3, -0.25) is 34.6 Å². The van der Waals surface area contributed by atoms with Gasteiger partial charge >= 0.3 is 11.8 Å². The molecule has 0 radical (unpaired) electrons. The molecule has 0 saturated carbocycles. The molecule has 37 heavy (non-hydrogen) atoms. The first-order chi connectivity index (χ1) is 17.6. The van der Waals surface area contributed by atoms with Crippen LogP contribution in [0, 0.1) is 31.6 Å². The Labute approximate surface area is 210 Å². The molecule has 1 aromatic heterocycles. The molecule has 3 aromatic rings. The predicted octanol–water partition coefficient (Wildman–Crippen LogP) is 1.83. The molecule has 3 amide bonds. The lowest BCUT2D eigenvalue weighted by Crippen LogP contribution is -2.36. The third-order valence-electron chi connectivity index (χ3n) is 4.62. The van der Waals surface area contributed by atoms with E-state index in [1.54, 1.807) is 10.8 Å². The number of hydrazone groups is 1. The van der Waals surface area contributed by atoms with E-state index in [9.17, 15) is 39.9 Å². The first kappa shape index (κ1) is 26.1. The molecule has 1 heterocycles. The average molecular weight is 522 g/mol. The fraction of sp³-hybridized carbons (Fsp3) is 0.0476. The van der Waals surface area contributed by atoms with Gasteiger partial charge in [-0.25, -0.2) is 10.4 Å². The molecule has 3 rings (SSSR count). The number of carbonyl (C=O) groups is 3. The van der Waals surface area contributed by atoms with E-state index in [1.165, 1.54) is 36.4 Å². The van der Waals surface area contributed by atoms with E-state index < -0.39 is 39.2 Å². The Morgan fingerprint density at radius 1 is 1.00 bits per heavy atom. The number of benzene rings is 2. The molecule has 0 spiro atoms. The second-order valence-electron chi connectivity index (χ2n) is 7.00. The van der Waals surface area contributed by atoms with Crippen molar-refractivity contribution in [2.24, 2.45) is 10.8 Å². The number of nitro groups is 2. The number of non-ortho nitro benzene ring substituents is 2. The summed E-state index contributed by atoms with van der Waals surface area (Å²) in [6.45, 7) is 0. The van der Waals surface area contributed by atoms with Crippen molar-refractivity contribution in [2.45, 2.75) is 5.92 Å². The Balaban J connectivity index is 1.93. The normalized spacial score (nSPS) is 11.6. The third-order valence-corrected chi connectivity index (χ3v) is 5.53. The van der Waals surface area contributed by atoms with Gasteiger partial charge < -0.3 is 11.1 Å². The number of rotatable bonds is 8. The fourth-order valence-electron chi connectivity index (χ4n) is 2.81. The summed E-state index contributed by atoms with van der Waals surface area (Å²) in [5.41, 5.74) is 6.75. The summed E-state index contributed by atoms with van der Waals surface area (Å²) in [7, 11) is 0. The second kappa shape index (κ2) is 11.2. The third kappa shape index (κ3) is 6.32. The van der Waals surface area contributed by atoms with Crippen LogP contribution in [0.2, 0.25) is 0 Å². The number of nitrogens with one attached hydrogen (secondary N) is 2. The first-order valence-electron chi connectivity index (χ1n) is 9.93. The fourth-order valence-corrected chi connectivity index (χ4v) is 3.69. The van der Waals surface area contributed by atoms with Crippen LogP contribution in [0.15, 0.2) is 59.0 Å². The van der Waals surface area contributed by atoms with E-state index in [0.717, 1.165) is 23.5 Å². The minimum Gasteiger partial charge on any atom is -0.361 e. The molecule has 2 aromatic carbocycles. The molecule has 0 fully saturated rings. The number of hydrogen-bond donors (Lipinski definition) is 3. The Kier molecular flexibility index (Phi) is 7.92. The molecule has 4 N–H and O–H groups in total. The van der Waals surface area contributed by atoms with Crippen LogP contribution in [-0.4, -0.2) is 38.3 Å². The number of nitrogens with zero attached hydrogens (tertiary/aromatic N) is 5. The van der Waals surface area contributed by atoms with Crippen molar-refractivity contribution >= 4 is 51.8 Å². The van der Waals surface area contributed by atoms with Crippen LogP contribution in [0.4, 0.5) is 17.1 Å². The molecule has 0 saturated heterocycles. The maximum atomic E-state index is 13.0. The molecule has 1 unspecified atom stereocenters. The number of aromatic nitrogens is 1. The molecule has 0 aliphatic rings. The van der Waals surface area contributed by atoms with Crippen LogP contribution < -0.4 is 16.5 Å². The van der Waals surface area contributed by atoms with Gasteiger partial charge in [0.05, 0.1) is 21.6 Å². The number of amides is 3. The van der Waals surface area contributed by atoms with E-state index in [4.69, 9.17) is 5.73 Å². The van der Waals surface area contributed by atoms with E-state index in [0.29, 0.717) is 11.3 Å². The van der Waals surface area contributed by atoms with Crippen LogP contribution >= 0.6 is 11.3 Å². The maximum absolute atomic E-state index is 13.0. The summed E-state index contributed by atoms with van der Waals surface area (Å²) in [6, 6.07) is 12.1. The molecule has 1 atom stereocenters. The largest absolute Gasteiger partial charge is 0.361 e. The standard InChI is InChI=1S/C21H14N8O7S/c22-9-15(21-25-16(10-37-21)11-1-5-13(6-2-11)28(33)34)17(26-27-20(32)18(23)30)19(31)24-12-3-7-14(8-4-12)29(35)36/h1-8,10,15H,(H2,23,30)(H,24,31)(H,27,32). The van der Waals surface area contributed by atoms with Gasteiger partial charge in [0.1, 0.15) is 16.6 Å². The number of nitro benzene ring substituents is 2. The lowest BCUT2D eigenvalue weighted by atomic mass is 10.0. The van der Waals surface area contributed by atoms with E-state index in [1.807, 2.05) is 6.07 Å². The van der Waals surface area contributed by atoms with Crippen molar-refractivity contribution in [1.29, 1.82) is 5.26 Å². The monoisotopic (exact) mass is 522 g/mol. The highest BCUT2D eigenvalue weighted by molar-refractivity contribution is 7.10. The molecule has 0 aliphatic carbocycles. The highest BCUT2D eigenvalue weighted by atomic mass is 32.1. The molecule has 0 aliphatic heterocycles. The Morgan fingerprint density at radius 3 is 2.08 bits per heavy atom. The zero-order valence-corrected chi connectivity index (χ0v) is 19.2. The number of primary amides is 1. The van der Waals surface area contributed by atoms with Crippen molar-refractivity contribution in [3.63, 3.8) is 0 Å². The second-order valence-corrected chi connectivity index (χ2v) is 7.89. The summed E-state index contributed by atoms with van der Waals surface area (Å²) in [6.07, 6.45) is 0. The summed E-state index contributed by atoms with van der Waals surface area (Å²) in [5, 5.41) is 39.2. The van der Waals surface area contributed by atoms with Crippen LogP contribution in [0.25, 0.3) is 11.3 Å². The minimum atomic E-state index is -1.43. The van der Waals surface area contributed by atoms with Crippen molar-refractivity contribution in [3.05, 3.63) is 79.1 Å². The molecule has 15 nitrogen and oxygen atoms in total. The van der Waals surface area contributed by atoms with Gasteiger partial charge in [0.15, 0.2) is 0 Å². The topological polar surface area (TPSA) is 237 Å². The molecular weight excluding hydrogens is 508 g/mol. The van der Waals surface area contributed by atoms with Crippen molar-refractivity contribution < 1.29 is 24.2 Å². The van der Waals surface area contributed by atoms with E-state index >= 15 is 0 Å². The summed E-state index contributed by atoms with van der Waals surface area (Å²) >= 11 is 0.978. The van der Waals surface area contributed by atoms with Gasteiger partial charge in [-0.1, -0.05) is 0 Å². The lowest BCUT2D eigenvalue weighted by Gasteiger charge is -2.11. The molecule has 16 heteroatoms. The molecule has 0 bridgehead atoms. The van der Waals surface area contributed by atoms with Gasteiger partial charge in [0.2, 0.25) is 0 Å². The van der Waals surface area contributed by atoms with E-state index in [2.05, 4.69) is 15.4 Å². The Bertz CT molecular complexity index is 1460. The number of hydrogen-bond acceptors (Lipinski definition) is 11. The van der Waals surface area contributed by atoms with Gasteiger partial charge in [-0.2, -0.15) is 10.4 Å². The van der Waals surface area contributed by atoms with Crippen LogP contribution in [-0.2, 0) is 14.4 Å². The number of thiazole rings is 1. The quantitative estimate of drug-likeness (QED) is 0.169. The Hall–Kier alpha value is -5.56. The number of nitriles is 1. The Morgan fingerprint density at radius 2 is 1.57 bits per heavy atom. The molecular formula is C21H14N8O7S. The van der Waals surface area contributed by atoms with E-state index in [-0.39, 0.29) is 22.1 Å². The number of nitrogens with two attached hydrogens (primary N) is 1. The van der Waals surface area contributed by atoms with Crippen LogP contribution in [0.5, 0.6) is 0 Å². The highest BCUT2D eigenvalue weighted by Crippen LogP contribution is 2.29. The smallest absolute Gasteiger partial charge is 0.329 e. The molecule has 186 valence electrons. The zero-order valence-electron chi connectivity index (χ0n) is 18.4. The number of carbonyl (C=O) groups excluding carboxylic acids is 3. The predicted molar refractivity (Wildman–Crippen MR) is 129 cm³/mol. The maximum Gasteiger partial charge on any atom is 0.329 e. The first-order valence-corrected chi connectivity index (χ1v) is 10.8. The van der Waals surface area contributed by atoms with Gasteiger partial charge in [0.25, 0.3) is 17.3 Å². The van der Waals surface area contributed by atoms with Crippen molar-refractivity contribution in [2.75, 3.05) is 5.32 Å². The SMILES string of the molecule is N#CC(C(=NNC(=O)C(N)=O)C(=O)Nc1ccc([N+](=O)[O-])cc1)c1nc(-c2ccc([N+](=O)[O-])cc2)cs1. The summed E-state index contributed by atoms with van der Waals surface area (Å²) in [5.74, 6) is -5.13. The zero-order chi connectivity index (χ0) is 27.1. The highest BCUT2D eigenvalue weighted by Gasteiger charge is 2.29. The van der Waals surface area contributed by atoms with Crippen molar-refractivity contribution in [1.82, 2.24) is 10.4 Å². The summed E-state index contributed by atoms with van der Waals surface area (Å²) in [4.78, 5) is 60.5. The summed E-state index contributed by atoms with van der Waals surface area (Å²) < 4.78 is 0.